The first-order chi connectivity index (χ1) is 16.9. The van der Waals surface area contributed by atoms with Crippen molar-refractivity contribution in [3.63, 3.8) is 0 Å². The van der Waals surface area contributed by atoms with Gasteiger partial charge < -0.3 is 43.4 Å². The summed E-state index contributed by atoms with van der Waals surface area (Å²) in [5, 5.41) is 26.2. The SMILES string of the molecule is CC(C)CC(NC(=O)CNC(=O)C(N)Cc1ccc(O)cc1)C(=O)NC(CCCN=C(N)N)C(=O)O. The van der Waals surface area contributed by atoms with Crippen LogP contribution in [0.4, 0.5) is 0 Å². The molecular weight excluding hydrogens is 470 g/mol. The number of rotatable bonds is 15. The number of hydrogen-bond acceptors (Lipinski definition) is 7. The minimum Gasteiger partial charge on any atom is -0.508 e. The Morgan fingerprint density at radius 1 is 1.00 bits per heavy atom. The number of amides is 3. The Bertz CT molecular complexity index is 916. The minimum atomic E-state index is -1.22. The van der Waals surface area contributed by atoms with Crippen molar-refractivity contribution >= 4 is 29.7 Å². The number of nitrogens with one attached hydrogen (secondary N) is 3. The van der Waals surface area contributed by atoms with Crippen molar-refractivity contribution in [3.8, 4) is 5.75 Å². The Balaban J connectivity index is 2.64. The van der Waals surface area contributed by atoms with Crippen molar-refractivity contribution in [1.82, 2.24) is 16.0 Å². The van der Waals surface area contributed by atoms with Gasteiger partial charge in [0, 0.05) is 6.54 Å². The van der Waals surface area contributed by atoms with Crippen molar-refractivity contribution in [2.45, 2.75) is 57.7 Å². The highest BCUT2D eigenvalue weighted by molar-refractivity contribution is 5.92. The number of aliphatic carboxylic acids is 1. The van der Waals surface area contributed by atoms with Crippen LogP contribution in [0.5, 0.6) is 5.75 Å². The van der Waals surface area contributed by atoms with E-state index in [1.807, 2.05) is 13.8 Å². The summed E-state index contributed by atoms with van der Waals surface area (Å²) in [6, 6.07) is 3.12. The molecule has 1 aromatic rings. The van der Waals surface area contributed by atoms with Gasteiger partial charge in [-0.15, -0.1) is 0 Å². The fourth-order valence-electron chi connectivity index (χ4n) is 3.26. The average Bonchev–Trinajstić information content (AvgIpc) is 2.79. The van der Waals surface area contributed by atoms with Gasteiger partial charge in [-0.05, 0) is 49.3 Å². The lowest BCUT2D eigenvalue weighted by Gasteiger charge is -2.23. The molecule has 0 aliphatic heterocycles. The number of guanidine groups is 1. The lowest BCUT2D eigenvalue weighted by Crippen LogP contribution is -2.54. The summed E-state index contributed by atoms with van der Waals surface area (Å²) >= 11 is 0. The van der Waals surface area contributed by atoms with Gasteiger partial charge in [0.25, 0.3) is 0 Å². The van der Waals surface area contributed by atoms with Gasteiger partial charge in [0.2, 0.25) is 17.7 Å². The maximum atomic E-state index is 12.8. The molecule has 3 atom stereocenters. The molecule has 0 bridgehead atoms. The van der Waals surface area contributed by atoms with Crippen LogP contribution < -0.4 is 33.2 Å². The van der Waals surface area contributed by atoms with Crippen LogP contribution in [0.1, 0.15) is 38.7 Å². The Labute approximate surface area is 209 Å². The van der Waals surface area contributed by atoms with Crippen LogP contribution in [0.15, 0.2) is 29.3 Å². The van der Waals surface area contributed by atoms with Gasteiger partial charge in [-0.25, -0.2) is 4.79 Å². The molecule has 0 saturated heterocycles. The molecule has 0 aromatic heterocycles. The minimum absolute atomic E-state index is 0.0134. The smallest absolute Gasteiger partial charge is 0.326 e. The van der Waals surface area contributed by atoms with Gasteiger partial charge >= 0.3 is 5.97 Å². The van der Waals surface area contributed by atoms with Crippen molar-refractivity contribution in [3.05, 3.63) is 29.8 Å². The number of aliphatic imine (C=N–C) groups is 1. The van der Waals surface area contributed by atoms with Crippen molar-refractivity contribution in [2.75, 3.05) is 13.1 Å². The number of benzene rings is 1. The molecule has 36 heavy (non-hydrogen) atoms. The second kappa shape index (κ2) is 15.2. The van der Waals surface area contributed by atoms with Crippen molar-refractivity contribution in [1.29, 1.82) is 0 Å². The third-order valence-electron chi connectivity index (χ3n) is 5.07. The van der Waals surface area contributed by atoms with E-state index in [0.29, 0.717) is 6.42 Å². The van der Waals surface area contributed by atoms with Crippen LogP contribution in [0.3, 0.4) is 0 Å². The fourth-order valence-corrected chi connectivity index (χ4v) is 3.26. The summed E-state index contributed by atoms with van der Waals surface area (Å²) in [6.45, 7) is 3.49. The maximum Gasteiger partial charge on any atom is 0.326 e. The number of phenolic OH excluding ortho intramolecular Hbond substituents is 1. The Kier molecular flexibility index (Phi) is 12.7. The number of hydrogen-bond donors (Lipinski definition) is 8. The summed E-state index contributed by atoms with van der Waals surface area (Å²) in [7, 11) is 0. The third-order valence-corrected chi connectivity index (χ3v) is 5.07. The number of phenols is 1. The lowest BCUT2D eigenvalue weighted by atomic mass is 10.0. The molecule has 13 heteroatoms. The topological polar surface area (TPSA) is 235 Å². The van der Waals surface area contributed by atoms with Crippen LogP contribution in [0.25, 0.3) is 0 Å². The molecule has 3 amide bonds. The molecule has 11 N–H and O–H groups in total. The highest BCUT2D eigenvalue weighted by Gasteiger charge is 2.27. The van der Waals surface area contributed by atoms with Gasteiger partial charge in [0.1, 0.15) is 17.8 Å². The Morgan fingerprint density at radius 2 is 1.64 bits per heavy atom. The standard InChI is InChI=1S/C23H37N7O6/c1-13(2)10-18(21(34)30-17(22(35)36)4-3-9-27-23(25)26)29-19(32)12-28-20(33)16(24)11-14-5-7-15(31)8-6-14/h5-8,13,16-18,31H,3-4,9-12,24H2,1-2H3,(H,28,33)(H,29,32)(H,30,34)(H,35,36)(H4,25,26,27). The second-order valence-corrected chi connectivity index (χ2v) is 8.79. The zero-order valence-electron chi connectivity index (χ0n) is 20.6. The zero-order chi connectivity index (χ0) is 27.3. The molecule has 3 unspecified atom stereocenters. The fraction of sp³-hybridized carbons (Fsp3) is 0.522. The second-order valence-electron chi connectivity index (χ2n) is 8.79. The molecule has 0 heterocycles. The molecule has 1 rings (SSSR count). The van der Waals surface area contributed by atoms with E-state index < -0.39 is 48.4 Å². The molecule has 0 radical (unpaired) electrons. The predicted octanol–water partition coefficient (Wildman–Crippen LogP) is -1.47. The molecule has 200 valence electrons. The molecule has 0 spiro atoms. The molecule has 0 saturated carbocycles. The normalized spacial score (nSPS) is 13.2. The first kappa shape index (κ1) is 30.2. The Hall–Kier alpha value is -3.87. The monoisotopic (exact) mass is 507 g/mol. The molecule has 1 aromatic carbocycles. The lowest BCUT2D eigenvalue weighted by molar-refractivity contribution is -0.142. The van der Waals surface area contributed by atoms with E-state index in [9.17, 15) is 29.4 Å². The van der Waals surface area contributed by atoms with E-state index in [1.165, 1.54) is 12.1 Å². The first-order valence-electron chi connectivity index (χ1n) is 11.6. The first-order valence-corrected chi connectivity index (χ1v) is 11.6. The highest BCUT2D eigenvalue weighted by atomic mass is 16.4. The molecule has 0 aliphatic rings. The highest BCUT2D eigenvalue weighted by Crippen LogP contribution is 2.11. The van der Waals surface area contributed by atoms with Crippen LogP contribution in [0, 0.1) is 5.92 Å². The summed E-state index contributed by atoms with van der Waals surface area (Å²) < 4.78 is 0. The number of aromatic hydroxyl groups is 1. The van der Waals surface area contributed by atoms with Gasteiger partial charge in [0.05, 0.1) is 12.6 Å². The van der Waals surface area contributed by atoms with Crippen LogP contribution in [0.2, 0.25) is 0 Å². The van der Waals surface area contributed by atoms with Gasteiger partial charge in [-0.2, -0.15) is 0 Å². The zero-order valence-corrected chi connectivity index (χ0v) is 20.6. The maximum absolute atomic E-state index is 12.8. The van der Waals surface area contributed by atoms with E-state index in [2.05, 4.69) is 20.9 Å². The van der Waals surface area contributed by atoms with Crippen LogP contribution in [-0.4, -0.2) is 71.1 Å². The van der Waals surface area contributed by atoms with E-state index in [-0.39, 0.29) is 43.4 Å². The largest absolute Gasteiger partial charge is 0.508 e. The van der Waals surface area contributed by atoms with Crippen molar-refractivity contribution < 1.29 is 29.4 Å². The summed E-state index contributed by atoms with van der Waals surface area (Å²) in [5.41, 5.74) is 17.1. The summed E-state index contributed by atoms with van der Waals surface area (Å²) in [6.07, 6.45) is 0.875. The molecular formula is C23H37N7O6. The van der Waals surface area contributed by atoms with Gasteiger partial charge in [0.15, 0.2) is 5.96 Å². The van der Waals surface area contributed by atoms with Crippen molar-refractivity contribution in [2.24, 2.45) is 28.1 Å². The van der Waals surface area contributed by atoms with Gasteiger partial charge in [-0.3, -0.25) is 19.4 Å². The Morgan fingerprint density at radius 3 is 2.19 bits per heavy atom. The average molecular weight is 508 g/mol. The molecule has 13 nitrogen and oxygen atoms in total. The number of carboxylic acid groups (broad SMARTS) is 1. The number of carbonyl (C=O) groups is 4. The number of nitrogens with two attached hydrogens (primary N) is 3. The quantitative estimate of drug-likeness (QED) is 0.0784. The van der Waals surface area contributed by atoms with E-state index in [4.69, 9.17) is 17.2 Å². The van der Waals surface area contributed by atoms with E-state index in [0.717, 1.165) is 5.56 Å². The number of carbonyl (C=O) groups excluding carboxylic acids is 3. The molecule has 0 fully saturated rings. The predicted molar refractivity (Wildman–Crippen MR) is 134 cm³/mol. The van der Waals surface area contributed by atoms with E-state index >= 15 is 0 Å². The third kappa shape index (κ3) is 12.0. The van der Waals surface area contributed by atoms with Gasteiger partial charge in [-0.1, -0.05) is 26.0 Å². The van der Waals surface area contributed by atoms with E-state index in [1.54, 1.807) is 12.1 Å². The number of nitrogens with zero attached hydrogens (tertiary/aromatic N) is 1. The number of carboxylic acids is 1. The van der Waals surface area contributed by atoms with Crippen LogP contribution in [-0.2, 0) is 25.6 Å². The summed E-state index contributed by atoms with van der Waals surface area (Å²) in [5.74, 6) is -3.07. The molecule has 0 aliphatic carbocycles. The van der Waals surface area contributed by atoms with Crippen LogP contribution >= 0.6 is 0 Å². The summed E-state index contributed by atoms with van der Waals surface area (Å²) in [4.78, 5) is 52.8.